The lowest BCUT2D eigenvalue weighted by Gasteiger charge is -2.11. The van der Waals surface area contributed by atoms with E-state index in [1.807, 2.05) is 13.8 Å². The van der Waals surface area contributed by atoms with Crippen molar-refractivity contribution >= 4 is 16.1 Å². The summed E-state index contributed by atoms with van der Waals surface area (Å²) < 4.78 is 33.8. The molecular formula is C16H24O5S. The van der Waals surface area contributed by atoms with Crippen LogP contribution in [0, 0.1) is 12.8 Å². The molecular weight excluding hydrogens is 304 g/mol. The Labute approximate surface area is 132 Å². The van der Waals surface area contributed by atoms with Crippen LogP contribution in [0.25, 0.3) is 0 Å². The second-order valence-electron chi connectivity index (χ2n) is 5.47. The van der Waals surface area contributed by atoms with Crippen molar-refractivity contribution in [2.45, 2.75) is 44.9 Å². The summed E-state index contributed by atoms with van der Waals surface area (Å²) in [7, 11) is -3.67. The monoisotopic (exact) mass is 328 g/mol. The molecule has 1 rings (SSSR count). The van der Waals surface area contributed by atoms with E-state index in [4.69, 9.17) is 8.92 Å². The topological polar surface area (TPSA) is 69.7 Å². The molecule has 124 valence electrons. The normalized spacial score (nSPS) is 12.9. The first-order chi connectivity index (χ1) is 10.3. The van der Waals surface area contributed by atoms with Gasteiger partial charge in [-0.15, -0.1) is 0 Å². The number of rotatable bonds is 9. The number of hydrogen-bond acceptors (Lipinski definition) is 5. The fourth-order valence-corrected chi connectivity index (χ4v) is 2.86. The van der Waals surface area contributed by atoms with Crippen molar-refractivity contribution < 1.29 is 22.1 Å². The van der Waals surface area contributed by atoms with Gasteiger partial charge in [-0.05, 0) is 44.2 Å². The Hall–Kier alpha value is -1.40. The minimum atomic E-state index is -3.67. The van der Waals surface area contributed by atoms with Gasteiger partial charge in [-0.3, -0.25) is 8.98 Å². The lowest BCUT2D eigenvalue weighted by atomic mass is 10.0. The SMILES string of the molecule is CC(=O)OCC[C@@H](C)CCCOS(=O)(=O)c1ccc(C)cc1. The Morgan fingerprint density at radius 1 is 1.14 bits per heavy atom. The molecule has 0 aliphatic heterocycles. The first-order valence-electron chi connectivity index (χ1n) is 7.40. The van der Waals surface area contributed by atoms with Crippen molar-refractivity contribution in [1.29, 1.82) is 0 Å². The van der Waals surface area contributed by atoms with Crippen molar-refractivity contribution in [1.82, 2.24) is 0 Å². The molecule has 0 saturated heterocycles. The molecule has 0 aromatic heterocycles. The van der Waals surface area contributed by atoms with Gasteiger partial charge in [0.1, 0.15) is 0 Å². The predicted molar refractivity (Wildman–Crippen MR) is 84.0 cm³/mol. The molecule has 0 heterocycles. The molecule has 1 atom stereocenters. The van der Waals surface area contributed by atoms with Crippen molar-refractivity contribution in [3.05, 3.63) is 29.8 Å². The van der Waals surface area contributed by atoms with Gasteiger partial charge in [0.05, 0.1) is 18.1 Å². The molecule has 22 heavy (non-hydrogen) atoms. The van der Waals surface area contributed by atoms with Gasteiger partial charge in [-0.25, -0.2) is 0 Å². The molecule has 0 aliphatic carbocycles. The number of hydrogen-bond donors (Lipinski definition) is 0. The number of carbonyl (C=O) groups is 1. The van der Waals surface area contributed by atoms with Gasteiger partial charge in [0.2, 0.25) is 0 Å². The Morgan fingerprint density at radius 2 is 1.77 bits per heavy atom. The fraction of sp³-hybridized carbons (Fsp3) is 0.562. The summed E-state index contributed by atoms with van der Waals surface area (Å²) in [5.74, 6) is 0.0738. The van der Waals surface area contributed by atoms with E-state index in [-0.39, 0.29) is 17.5 Å². The molecule has 5 nitrogen and oxygen atoms in total. The van der Waals surface area contributed by atoms with E-state index in [0.717, 1.165) is 18.4 Å². The number of ether oxygens (including phenoxy) is 1. The van der Waals surface area contributed by atoms with Crippen LogP contribution < -0.4 is 0 Å². The van der Waals surface area contributed by atoms with Crippen LogP contribution in [0.15, 0.2) is 29.2 Å². The third kappa shape index (κ3) is 7.04. The van der Waals surface area contributed by atoms with Gasteiger partial charge in [0.25, 0.3) is 10.1 Å². The maximum atomic E-state index is 12.0. The van der Waals surface area contributed by atoms with Crippen molar-refractivity contribution in [3.8, 4) is 0 Å². The Morgan fingerprint density at radius 3 is 2.36 bits per heavy atom. The molecule has 1 aromatic carbocycles. The molecule has 6 heteroatoms. The summed E-state index contributed by atoms with van der Waals surface area (Å²) in [6.07, 6.45) is 2.24. The molecule has 0 unspecified atom stereocenters. The summed E-state index contributed by atoms with van der Waals surface area (Å²) in [5, 5.41) is 0. The molecule has 0 spiro atoms. The number of carbonyl (C=O) groups excluding carboxylic acids is 1. The quantitative estimate of drug-likeness (QED) is 0.396. The van der Waals surface area contributed by atoms with E-state index in [0.29, 0.717) is 18.9 Å². The molecule has 0 fully saturated rings. The molecule has 0 amide bonds. The maximum absolute atomic E-state index is 12.0. The van der Waals surface area contributed by atoms with Gasteiger partial charge in [0.15, 0.2) is 0 Å². The molecule has 1 aromatic rings. The highest BCUT2D eigenvalue weighted by Crippen LogP contribution is 2.15. The summed E-state index contributed by atoms with van der Waals surface area (Å²) in [6.45, 7) is 5.88. The Balaban J connectivity index is 2.28. The fourth-order valence-electron chi connectivity index (χ4n) is 1.92. The minimum absolute atomic E-state index is 0.161. The van der Waals surface area contributed by atoms with Crippen molar-refractivity contribution in [3.63, 3.8) is 0 Å². The standard InChI is InChI=1S/C16H24O5S/c1-13(10-12-20-15(3)17)5-4-11-21-22(18,19)16-8-6-14(2)7-9-16/h6-9,13H,4-5,10-12H2,1-3H3/t13-/m0/s1. The highest BCUT2D eigenvalue weighted by molar-refractivity contribution is 7.86. The van der Waals surface area contributed by atoms with E-state index in [9.17, 15) is 13.2 Å². The molecule has 0 aliphatic rings. The van der Waals surface area contributed by atoms with Crippen LogP contribution in [0.1, 0.15) is 38.7 Å². The first kappa shape index (κ1) is 18.6. The smallest absolute Gasteiger partial charge is 0.302 e. The van der Waals surface area contributed by atoms with Gasteiger partial charge < -0.3 is 4.74 Å². The lowest BCUT2D eigenvalue weighted by molar-refractivity contribution is -0.141. The van der Waals surface area contributed by atoms with E-state index in [1.54, 1.807) is 24.3 Å². The van der Waals surface area contributed by atoms with Crippen LogP contribution in [0.4, 0.5) is 0 Å². The number of esters is 1. The average Bonchev–Trinajstić information content (AvgIpc) is 2.44. The number of benzene rings is 1. The summed E-state index contributed by atoms with van der Waals surface area (Å²) >= 11 is 0. The van der Waals surface area contributed by atoms with Crippen LogP contribution in [0.3, 0.4) is 0 Å². The Bertz CT molecular complexity index is 563. The molecule has 0 bridgehead atoms. The zero-order valence-electron chi connectivity index (χ0n) is 13.4. The third-order valence-electron chi connectivity index (χ3n) is 3.31. The third-order valence-corrected chi connectivity index (χ3v) is 4.63. The van der Waals surface area contributed by atoms with Crippen LogP contribution in [-0.4, -0.2) is 27.6 Å². The minimum Gasteiger partial charge on any atom is -0.466 e. The van der Waals surface area contributed by atoms with Crippen molar-refractivity contribution in [2.24, 2.45) is 5.92 Å². The van der Waals surface area contributed by atoms with Crippen LogP contribution in [0.2, 0.25) is 0 Å². The van der Waals surface area contributed by atoms with Gasteiger partial charge >= 0.3 is 5.97 Å². The van der Waals surface area contributed by atoms with Gasteiger partial charge in [-0.1, -0.05) is 24.6 Å². The van der Waals surface area contributed by atoms with Crippen LogP contribution >= 0.6 is 0 Å². The Kier molecular flexibility index (Phi) is 7.55. The zero-order valence-corrected chi connectivity index (χ0v) is 14.2. The van der Waals surface area contributed by atoms with Crippen LogP contribution in [0.5, 0.6) is 0 Å². The summed E-state index contributed by atoms with van der Waals surface area (Å²) in [5.41, 5.74) is 1.00. The number of aryl methyl sites for hydroxylation is 1. The van der Waals surface area contributed by atoms with E-state index in [2.05, 4.69) is 0 Å². The predicted octanol–water partition coefficient (Wildman–Crippen LogP) is 3.07. The highest BCUT2D eigenvalue weighted by Gasteiger charge is 2.14. The molecule has 0 N–H and O–H groups in total. The maximum Gasteiger partial charge on any atom is 0.302 e. The van der Waals surface area contributed by atoms with Crippen molar-refractivity contribution in [2.75, 3.05) is 13.2 Å². The van der Waals surface area contributed by atoms with Gasteiger partial charge in [0, 0.05) is 6.92 Å². The second kappa shape index (κ2) is 8.90. The lowest BCUT2D eigenvalue weighted by Crippen LogP contribution is -2.09. The highest BCUT2D eigenvalue weighted by atomic mass is 32.2. The largest absolute Gasteiger partial charge is 0.466 e. The second-order valence-corrected chi connectivity index (χ2v) is 7.08. The van der Waals surface area contributed by atoms with E-state index < -0.39 is 10.1 Å². The molecule has 0 saturated carbocycles. The summed E-state index contributed by atoms with van der Waals surface area (Å²) in [6, 6.07) is 6.58. The molecule has 0 radical (unpaired) electrons. The summed E-state index contributed by atoms with van der Waals surface area (Å²) in [4.78, 5) is 10.8. The first-order valence-corrected chi connectivity index (χ1v) is 8.81. The van der Waals surface area contributed by atoms with Crippen LogP contribution in [-0.2, 0) is 23.8 Å². The zero-order chi connectivity index (χ0) is 16.6. The van der Waals surface area contributed by atoms with E-state index in [1.165, 1.54) is 6.92 Å². The van der Waals surface area contributed by atoms with Gasteiger partial charge in [-0.2, -0.15) is 8.42 Å². The average molecular weight is 328 g/mol. The van der Waals surface area contributed by atoms with E-state index >= 15 is 0 Å².